The highest BCUT2D eigenvalue weighted by Gasteiger charge is 2.46. The van der Waals surface area contributed by atoms with Gasteiger partial charge in [-0.25, -0.2) is 18.5 Å². The number of ether oxygens (including phenoxy) is 1. The van der Waals surface area contributed by atoms with Crippen molar-refractivity contribution in [2.75, 3.05) is 12.1 Å². The van der Waals surface area contributed by atoms with Gasteiger partial charge in [0.15, 0.2) is 12.0 Å². The molecule has 6 atom stereocenters. The monoisotopic (exact) mass is 499 g/mol. The molecule has 2 unspecified atom stereocenters. The molecule has 1 saturated heterocycles. The van der Waals surface area contributed by atoms with Gasteiger partial charge in [-0.05, 0) is 6.07 Å². The molecule has 0 saturated carbocycles. The zero-order chi connectivity index (χ0) is 22.9. The van der Waals surface area contributed by atoms with Crippen LogP contribution in [0.15, 0.2) is 17.1 Å². The van der Waals surface area contributed by atoms with Crippen molar-refractivity contribution in [2.24, 2.45) is 0 Å². The van der Waals surface area contributed by atoms with E-state index in [1.54, 1.807) is 5.48 Å². The third kappa shape index (κ3) is 6.71. The predicted octanol–water partition coefficient (Wildman–Crippen LogP) is -1.99. The molecule has 2 rings (SSSR count). The van der Waals surface area contributed by atoms with E-state index in [0.29, 0.717) is 0 Å². The van der Waals surface area contributed by atoms with E-state index in [4.69, 9.17) is 24.6 Å². The zero-order valence-corrected chi connectivity index (χ0v) is 17.0. The number of phosphoric ester groups is 1. The summed E-state index contributed by atoms with van der Waals surface area (Å²) in [4.78, 5) is 50.6. The molecule has 8 N–H and O–H groups in total. The Morgan fingerprint density at radius 3 is 2.27 bits per heavy atom. The van der Waals surface area contributed by atoms with E-state index in [2.05, 4.69) is 18.1 Å². The average Bonchev–Trinajstić information content (AvgIpc) is 2.85. The van der Waals surface area contributed by atoms with Crippen LogP contribution in [0.1, 0.15) is 6.23 Å². The van der Waals surface area contributed by atoms with Gasteiger partial charge in [-0.15, -0.1) is 0 Å². The number of aromatic nitrogens is 2. The lowest BCUT2D eigenvalue weighted by molar-refractivity contribution is -0.0541. The molecule has 0 bridgehead atoms. The Bertz CT molecular complexity index is 962. The summed E-state index contributed by atoms with van der Waals surface area (Å²) >= 11 is 0. The van der Waals surface area contributed by atoms with Crippen LogP contribution in [0.2, 0.25) is 0 Å². The van der Waals surface area contributed by atoms with Crippen LogP contribution in [0.3, 0.4) is 0 Å². The van der Waals surface area contributed by atoms with Gasteiger partial charge < -0.3 is 34.5 Å². The lowest BCUT2D eigenvalue weighted by Gasteiger charge is -2.19. The standard InChI is InChI=1S/C9H16N3O15P3/c13-6-4(3-24-29(20,21)27-30(22,23)26-28(17,18)19)25-8(7(6)14)12-2-1-5(11-16)10-9(12)15/h1-2,4,6-8,13-14,16H,3H2,(H,20,21)(H,22,23)(H,10,11,15)(H2,17,18,19)/t4-,6-,7-,8-/m1/s1. The SMILES string of the molecule is O=c1nc(NO)ccn1[C@@H]1O[C@H](COP(=O)(O)OP(=O)(O)OP(=O)(O)O)[C@@H](O)[C@H]1O. The maximum atomic E-state index is 11.9. The van der Waals surface area contributed by atoms with Crippen LogP contribution in [0.5, 0.6) is 0 Å². The van der Waals surface area contributed by atoms with Crippen molar-refractivity contribution < 1.29 is 66.6 Å². The molecule has 21 heteroatoms. The first-order valence-corrected chi connectivity index (χ1v) is 12.0. The lowest BCUT2D eigenvalue weighted by atomic mass is 10.1. The number of aliphatic hydroxyl groups excluding tert-OH is 2. The van der Waals surface area contributed by atoms with E-state index >= 15 is 0 Å². The fraction of sp³-hybridized carbons (Fsp3) is 0.556. The maximum absolute atomic E-state index is 11.9. The van der Waals surface area contributed by atoms with Gasteiger partial charge in [-0.3, -0.25) is 19.8 Å². The Hall–Kier alpha value is -1.07. The Balaban J connectivity index is 2.06. The lowest BCUT2D eigenvalue weighted by Crippen LogP contribution is -2.36. The van der Waals surface area contributed by atoms with Crippen LogP contribution in [0.25, 0.3) is 0 Å². The molecule has 0 radical (unpaired) electrons. The molecular weight excluding hydrogens is 483 g/mol. The van der Waals surface area contributed by atoms with Crippen LogP contribution in [0, 0.1) is 0 Å². The highest BCUT2D eigenvalue weighted by atomic mass is 31.3. The summed E-state index contributed by atoms with van der Waals surface area (Å²) in [6.45, 7) is -1.04. The summed E-state index contributed by atoms with van der Waals surface area (Å²) in [5.41, 5.74) is 0.597. The van der Waals surface area contributed by atoms with Crippen molar-refractivity contribution in [1.82, 2.24) is 9.55 Å². The Morgan fingerprint density at radius 1 is 1.10 bits per heavy atom. The first-order chi connectivity index (χ1) is 13.6. The normalized spacial score (nSPS) is 28.6. The second-order valence-corrected chi connectivity index (χ2v) is 9.97. The van der Waals surface area contributed by atoms with Gasteiger partial charge in [0.2, 0.25) is 0 Å². The molecule has 0 spiro atoms. The third-order valence-corrected chi connectivity index (χ3v) is 7.18. The number of rotatable bonds is 9. The molecule has 0 amide bonds. The van der Waals surface area contributed by atoms with Crippen LogP contribution >= 0.6 is 23.5 Å². The summed E-state index contributed by atoms with van der Waals surface area (Å²) in [7, 11) is -16.8. The molecule has 1 fully saturated rings. The maximum Gasteiger partial charge on any atom is 0.490 e. The Kier molecular flexibility index (Phi) is 7.72. The van der Waals surface area contributed by atoms with Crippen molar-refractivity contribution in [1.29, 1.82) is 0 Å². The molecule has 1 aliphatic heterocycles. The van der Waals surface area contributed by atoms with Gasteiger partial charge in [0.25, 0.3) is 0 Å². The molecule has 0 aliphatic carbocycles. The first-order valence-electron chi connectivity index (χ1n) is 7.43. The van der Waals surface area contributed by atoms with E-state index < -0.39 is 60.3 Å². The van der Waals surface area contributed by atoms with Crippen molar-refractivity contribution in [3.05, 3.63) is 22.7 Å². The van der Waals surface area contributed by atoms with Crippen LogP contribution in [0.4, 0.5) is 5.82 Å². The zero-order valence-electron chi connectivity index (χ0n) is 14.3. The summed E-state index contributed by atoms with van der Waals surface area (Å²) in [5, 5.41) is 28.7. The molecule has 1 aromatic rings. The first kappa shape index (κ1) is 25.2. The van der Waals surface area contributed by atoms with Gasteiger partial charge in [0.1, 0.15) is 18.3 Å². The largest absolute Gasteiger partial charge is 0.490 e. The number of hydrogen-bond donors (Lipinski definition) is 8. The molecule has 172 valence electrons. The number of phosphoric acid groups is 3. The highest BCUT2D eigenvalue weighted by Crippen LogP contribution is 2.66. The van der Waals surface area contributed by atoms with Gasteiger partial charge in [-0.2, -0.15) is 13.6 Å². The minimum Gasteiger partial charge on any atom is -0.387 e. The number of nitrogens with one attached hydrogen (secondary N) is 1. The van der Waals surface area contributed by atoms with Crippen molar-refractivity contribution in [2.45, 2.75) is 24.5 Å². The second kappa shape index (κ2) is 9.20. The van der Waals surface area contributed by atoms with Gasteiger partial charge in [-0.1, -0.05) is 0 Å². The van der Waals surface area contributed by atoms with Crippen LogP contribution in [-0.4, -0.2) is 69.5 Å². The van der Waals surface area contributed by atoms with Crippen molar-refractivity contribution in [3.8, 4) is 0 Å². The summed E-state index contributed by atoms with van der Waals surface area (Å²) in [6.07, 6.45) is -5.62. The smallest absolute Gasteiger partial charge is 0.387 e. The van der Waals surface area contributed by atoms with E-state index in [-0.39, 0.29) is 5.82 Å². The molecule has 30 heavy (non-hydrogen) atoms. The van der Waals surface area contributed by atoms with E-state index in [1.807, 2.05) is 0 Å². The van der Waals surface area contributed by atoms with Gasteiger partial charge >= 0.3 is 29.2 Å². The number of anilines is 1. The molecular formula is C9H16N3O15P3. The van der Waals surface area contributed by atoms with E-state index in [9.17, 15) is 33.6 Å². The van der Waals surface area contributed by atoms with E-state index in [1.165, 1.54) is 0 Å². The molecule has 1 aromatic heterocycles. The Morgan fingerprint density at radius 2 is 1.73 bits per heavy atom. The Labute approximate surface area is 165 Å². The number of aliphatic hydroxyl groups is 2. The fourth-order valence-corrected chi connectivity index (χ4v) is 5.27. The molecule has 2 heterocycles. The van der Waals surface area contributed by atoms with Gasteiger partial charge in [0, 0.05) is 6.20 Å². The molecule has 18 nitrogen and oxygen atoms in total. The average molecular weight is 499 g/mol. The summed E-state index contributed by atoms with van der Waals surface area (Å²) in [5.74, 6) is -0.228. The number of nitrogens with zero attached hydrogens (tertiary/aromatic N) is 2. The van der Waals surface area contributed by atoms with Crippen LogP contribution in [-0.2, 0) is 31.6 Å². The van der Waals surface area contributed by atoms with Gasteiger partial charge in [0.05, 0.1) is 6.61 Å². The second-order valence-electron chi connectivity index (χ2n) is 5.55. The van der Waals surface area contributed by atoms with E-state index in [0.717, 1.165) is 16.8 Å². The quantitative estimate of drug-likeness (QED) is 0.135. The minimum atomic E-state index is -5.73. The predicted molar refractivity (Wildman–Crippen MR) is 89.6 cm³/mol. The topological polar surface area (TPSA) is 277 Å². The fourth-order valence-electron chi connectivity index (χ4n) is 2.24. The van der Waals surface area contributed by atoms with Crippen LogP contribution < -0.4 is 11.2 Å². The number of hydrogen-bond acceptors (Lipinski definition) is 13. The van der Waals surface area contributed by atoms with Crippen molar-refractivity contribution >= 4 is 29.3 Å². The third-order valence-electron chi connectivity index (χ3n) is 3.37. The molecule has 1 aliphatic rings. The minimum absolute atomic E-state index is 0.228. The molecule has 0 aromatic carbocycles. The summed E-state index contributed by atoms with van der Waals surface area (Å²) < 4.78 is 50.7. The summed E-state index contributed by atoms with van der Waals surface area (Å²) in [6, 6.07) is 1.11. The van der Waals surface area contributed by atoms with Crippen molar-refractivity contribution in [3.63, 3.8) is 0 Å². The highest BCUT2D eigenvalue weighted by molar-refractivity contribution is 7.66.